The van der Waals surface area contributed by atoms with Gasteiger partial charge in [-0.3, -0.25) is 9.78 Å². The van der Waals surface area contributed by atoms with E-state index >= 15 is 0 Å². The summed E-state index contributed by atoms with van der Waals surface area (Å²) < 4.78 is 0. The summed E-state index contributed by atoms with van der Waals surface area (Å²) in [6.45, 7) is 0.981. The molecule has 4 nitrogen and oxygen atoms in total. The standard InChI is InChI=1S/C23H28ClN3O/c24-18-4-1-3-17(12-18)21-13-22(19-5-2-6-20(19)27-21)26-14-16-9-7-15(8-10-16)11-23(25)28/h1,3-4,12-13,15-16H,2,5-11,14H2,(H2,25,28)(H,26,27). The summed E-state index contributed by atoms with van der Waals surface area (Å²) in [4.78, 5) is 16.0. The molecule has 0 spiro atoms. The molecule has 0 unspecified atom stereocenters. The topological polar surface area (TPSA) is 68.0 Å². The zero-order chi connectivity index (χ0) is 19.5. The molecule has 4 rings (SSSR count). The van der Waals surface area contributed by atoms with Gasteiger partial charge in [-0.15, -0.1) is 0 Å². The van der Waals surface area contributed by atoms with Gasteiger partial charge in [-0.1, -0.05) is 23.7 Å². The Morgan fingerprint density at radius 1 is 1.14 bits per heavy atom. The Morgan fingerprint density at radius 3 is 2.68 bits per heavy atom. The van der Waals surface area contributed by atoms with E-state index in [-0.39, 0.29) is 5.91 Å². The lowest BCUT2D eigenvalue weighted by Gasteiger charge is -2.28. The normalized spacial score (nSPS) is 21.3. The summed E-state index contributed by atoms with van der Waals surface area (Å²) in [7, 11) is 0. The first kappa shape index (κ1) is 19.3. The molecule has 1 aromatic carbocycles. The van der Waals surface area contributed by atoms with E-state index in [1.165, 1.54) is 36.2 Å². The van der Waals surface area contributed by atoms with Crippen LogP contribution in [0.15, 0.2) is 30.3 Å². The smallest absolute Gasteiger partial charge is 0.217 e. The van der Waals surface area contributed by atoms with Crippen molar-refractivity contribution in [2.75, 3.05) is 11.9 Å². The lowest BCUT2D eigenvalue weighted by molar-refractivity contribution is -0.119. The highest BCUT2D eigenvalue weighted by Gasteiger charge is 2.23. The van der Waals surface area contributed by atoms with Gasteiger partial charge >= 0.3 is 0 Å². The van der Waals surface area contributed by atoms with Gasteiger partial charge in [0.25, 0.3) is 0 Å². The molecule has 28 heavy (non-hydrogen) atoms. The molecule has 0 aliphatic heterocycles. The van der Waals surface area contributed by atoms with Gasteiger partial charge < -0.3 is 11.1 Å². The Labute approximate surface area is 171 Å². The third-order valence-corrected chi connectivity index (χ3v) is 6.44. The number of nitrogens with two attached hydrogens (primary N) is 1. The molecule has 3 N–H and O–H groups in total. The maximum Gasteiger partial charge on any atom is 0.217 e. The molecule has 0 bridgehead atoms. The number of nitrogens with zero attached hydrogens (tertiary/aromatic N) is 1. The maximum atomic E-state index is 11.1. The number of anilines is 1. The van der Waals surface area contributed by atoms with Crippen LogP contribution in [-0.2, 0) is 17.6 Å². The van der Waals surface area contributed by atoms with Crippen LogP contribution >= 0.6 is 11.6 Å². The number of primary amides is 1. The number of pyridine rings is 1. The predicted octanol–water partition coefficient (Wildman–Crippen LogP) is 4.98. The van der Waals surface area contributed by atoms with E-state index in [1.807, 2.05) is 18.2 Å². The van der Waals surface area contributed by atoms with Crippen molar-refractivity contribution in [1.82, 2.24) is 4.98 Å². The first-order chi connectivity index (χ1) is 13.6. The van der Waals surface area contributed by atoms with Crippen LogP contribution in [-0.4, -0.2) is 17.4 Å². The van der Waals surface area contributed by atoms with Crippen molar-refractivity contribution in [3.8, 4) is 11.3 Å². The Hall–Kier alpha value is -2.07. The number of carbonyl (C=O) groups excluding carboxylic acids is 1. The Bertz CT molecular complexity index is 859. The van der Waals surface area contributed by atoms with E-state index in [9.17, 15) is 4.79 Å². The molecule has 0 radical (unpaired) electrons. The molecule has 1 fully saturated rings. The van der Waals surface area contributed by atoms with Crippen molar-refractivity contribution in [3.63, 3.8) is 0 Å². The molecule has 0 atom stereocenters. The highest BCUT2D eigenvalue weighted by molar-refractivity contribution is 6.30. The number of aromatic nitrogens is 1. The second-order valence-electron chi connectivity index (χ2n) is 8.28. The average Bonchev–Trinajstić information content (AvgIpc) is 3.15. The number of carbonyl (C=O) groups is 1. The average molecular weight is 398 g/mol. The van der Waals surface area contributed by atoms with E-state index in [4.69, 9.17) is 22.3 Å². The monoisotopic (exact) mass is 397 g/mol. The Balaban J connectivity index is 1.45. The second kappa shape index (κ2) is 8.52. The summed E-state index contributed by atoms with van der Waals surface area (Å²) in [5, 5.41) is 4.47. The molecule has 2 aromatic rings. The minimum atomic E-state index is -0.164. The number of aryl methyl sites for hydroxylation is 1. The summed E-state index contributed by atoms with van der Waals surface area (Å²) in [5.41, 5.74) is 11.3. The molecular formula is C23H28ClN3O. The van der Waals surface area contributed by atoms with Crippen molar-refractivity contribution in [2.45, 2.75) is 51.4 Å². The van der Waals surface area contributed by atoms with Crippen LogP contribution in [0.3, 0.4) is 0 Å². The predicted molar refractivity (Wildman–Crippen MR) is 114 cm³/mol. The van der Waals surface area contributed by atoms with Gasteiger partial charge in [0.2, 0.25) is 5.91 Å². The summed E-state index contributed by atoms with van der Waals surface area (Å²) in [6.07, 6.45) is 8.42. The van der Waals surface area contributed by atoms with E-state index in [0.717, 1.165) is 48.5 Å². The van der Waals surface area contributed by atoms with Gasteiger partial charge in [0, 0.05) is 34.9 Å². The molecular weight excluding hydrogens is 370 g/mol. The number of benzene rings is 1. The second-order valence-corrected chi connectivity index (χ2v) is 8.72. The van der Waals surface area contributed by atoms with Crippen molar-refractivity contribution >= 4 is 23.2 Å². The number of amides is 1. The fraction of sp³-hybridized carbons (Fsp3) is 0.478. The number of hydrogen-bond donors (Lipinski definition) is 2. The SMILES string of the molecule is NC(=O)CC1CCC(CNc2cc(-c3cccc(Cl)c3)nc3c2CCC3)CC1. The fourth-order valence-corrected chi connectivity index (χ4v) is 4.87. The highest BCUT2D eigenvalue weighted by atomic mass is 35.5. The maximum absolute atomic E-state index is 11.1. The first-order valence-electron chi connectivity index (χ1n) is 10.4. The molecule has 2 aliphatic rings. The molecule has 148 valence electrons. The van der Waals surface area contributed by atoms with Gasteiger partial charge in [0.1, 0.15) is 0 Å². The van der Waals surface area contributed by atoms with Gasteiger partial charge in [-0.2, -0.15) is 0 Å². The third-order valence-electron chi connectivity index (χ3n) is 6.21. The van der Waals surface area contributed by atoms with Crippen molar-refractivity contribution in [2.24, 2.45) is 17.6 Å². The van der Waals surface area contributed by atoms with Gasteiger partial charge in [0.05, 0.1) is 5.69 Å². The van der Waals surface area contributed by atoms with Gasteiger partial charge in [-0.05, 0) is 80.5 Å². The number of nitrogens with one attached hydrogen (secondary N) is 1. The van der Waals surface area contributed by atoms with E-state index in [2.05, 4.69) is 17.4 Å². The van der Waals surface area contributed by atoms with Crippen LogP contribution in [0.25, 0.3) is 11.3 Å². The molecule has 2 aliphatic carbocycles. The largest absolute Gasteiger partial charge is 0.384 e. The Kier molecular flexibility index (Phi) is 5.86. The molecule has 1 heterocycles. The number of fused-ring (bicyclic) bond motifs is 1. The Morgan fingerprint density at radius 2 is 1.93 bits per heavy atom. The van der Waals surface area contributed by atoms with E-state index in [1.54, 1.807) is 0 Å². The van der Waals surface area contributed by atoms with Crippen LogP contribution in [0.2, 0.25) is 5.02 Å². The van der Waals surface area contributed by atoms with E-state index < -0.39 is 0 Å². The molecule has 1 amide bonds. The lowest BCUT2D eigenvalue weighted by Crippen LogP contribution is -2.24. The van der Waals surface area contributed by atoms with Crippen LogP contribution < -0.4 is 11.1 Å². The highest BCUT2D eigenvalue weighted by Crippen LogP contribution is 2.34. The van der Waals surface area contributed by atoms with Gasteiger partial charge in [-0.25, -0.2) is 0 Å². The minimum Gasteiger partial charge on any atom is -0.384 e. The number of halogens is 1. The molecule has 1 saturated carbocycles. The van der Waals surface area contributed by atoms with Crippen LogP contribution in [0.5, 0.6) is 0 Å². The number of hydrogen-bond acceptors (Lipinski definition) is 3. The van der Waals surface area contributed by atoms with Crippen molar-refractivity contribution in [3.05, 3.63) is 46.6 Å². The number of rotatable bonds is 6. The third kappa shape index (κ3) is 4.49. The summed E-state index contributed by atoms with van der Waals surface area (Å²) in [5.74, 6) is 0.972. The minimum absolute atomic E-state index is 0.164. The van der Waals surface area contributed by atoms with Crippen LogP contribution in [0.4, 0.5) is 5.69 Å². The van der Waals surface area contributed by atoms with Crippen molar-refractivity contribution < 1.29 is 4.79 Å². The zero-order valence-electron chi connectivity index (χ0n) is 16.2. The van der Waals surface area contributed by atoms with Crippen molar-refractivity contribution in [1.29, 1.82) is 0 Å². The van der Waals surface area contributed by atoms with Crippen LogP contribution in [0, 0.1) is 11.8 Å². The van der Waals surface area contributed by atoms with E-state index in [0.29, 0.717) is 18.3 Å². The summed E-state index contributed by atoms with van der Waals surface area (Å²) >= 11 is 6.19. The summed E-state index contributed by atoms with van der Waals surface area (Å²) in [6, 6.07) is 10.1. The lowest BCUT2D eigenvalue weighted by atomic mass is 9.80. The molecule has 1 aromatic heterocycles. The molecule has 5 heteroatoms. The molecule has 0 saturated heterocycles. The zero-order valence-corrected chi connectivity index (χ0v) is 17.0. The fourth-order valence-electron chi connectivity index (χ4n) is 4.67. The first-order valence-corrected chi connectivity index (χ1v) is 10.8. The quantitative estimate of drug-likeness (QED) is 0.721. The van der Waals surface area contributed by atoms with Crippen LogP contribution in [0.1, 0.15) is 49.8 Å². The van der Waals surface area contributed by atoms with Gasteiger partial charge in [0.15, 0.2) is 0 Å².